The summed E-state index contributed by atoms with van der Waals surface area (Å²) in [5.74, 6) is 0.547. The molecule has 0 radical (unpaired) electrons. The average molecular weight is 495 g/mol. The van der Waals surface area contributed by atoms with Crippen LogP contribution in [-0.2, 0) is 20.0 Å². The van der Waals surface area contributed by atoms with Crippen molar-refractivity contribution in [1.29, 1.82) is 0 Å². The first-order chi connectivity index (χ1) is 15.6. The number of ether oxygens (including phenoxy) is 1. The van der Waals surface area contributed by atoms with Gasteiger partial charge in [-0.25, -0.2) is 21.6 Å². The Morgan fingerprint density at radius 2 is 1.45 bits per heavy atom. The number of H-pyrrole nitrogens is 2. The van der Waals surface area contributed by atoms with E-state index in [4.69, 9.17) is 4.74 Å². The molecule has 176 valence electrons. The second-order valence-electron chi connectivity index (χ2n) is 7.59. The lowest BCUT2D eigenvalue weighted by Gasteiger charge is -2.31. The zero-order valence-corrected chi connectivity index (χ0v) is 19.2. The molecule has 1 aliphatic rings. The number of hydrogen-bond acceptors (Lipinski definition) is 7. The monoisotopic (exact) mass is 494 g/mol. The van der Waals surface area contributed by atoms with Crippen LogP contribution in [0, 0.1) is 0 Å². The van der Waals surface area contributed by atoms with Crippen LogP contribution in [0.5, 0.6) is 5.75 Å². The number of nitrogens with one attached hydrogen (secondary N) is 3. The first kappa shape index (κ1) is 23.2. The third-order valence-corrected chi connectivity index (χ3v) is 8.91. The van der Waals surface area contributed by atoms with E-state index in [2.05, 4.69) is 14.7 Å². The normalized spacial score (nSPS) is 16.2. The van der Waals surface area contributed by atoms with Crippen molar-refractivity contribution in [3.63, 3.8) is 0 Å². The molecule has 11 nitrogen and oxygen atoms in total. The summed E-state index contributed by atoms with van der Waals surface area (Å²) < 4.78 is 60.4. The highest BCUT2D eigenvalue weighted by Crippen LogP contribution is 2.24. The van der Waals surface area contributed by atoms with E-state index in [0.717, 1.165) is 0 Å². The molecule has 3 N–H and O–H groups in total. The van der Waals surface area contributed by atoms with Crippen LogP contribution in [0.4, 0.5) is 0 Å². The summed E-state index contributed by atoms with van der Waals surface area (Å²) in [6.45, 7) is 0.321. The van der Waals surface area contributed by atoms with Crippen molar-refractivity contribution in [1.82, 2.24) is 19.0 Å². The molecule has 0 aliphatic carbocycles. The molecule has 1 saturated heterocycles. The van der Waals surface area contributed by atoms with Gasteiger partial charge in [-0.3, -0.25) is 9.59 Å². The number of aromatic amines is 2. The van der Waals surface area contributed by atoms with Crippen LogP contribution in [-0.4, -0.2) is 57.3 Å². The van der Waals surface area contributed by atoms with E-state index in [1.54, 1.807) is 12.1 Å². The molecule has 0 bridgehead atoms. The highest BCUT2D eigenvalue weighted by atomic mass is 32.2. The van der Waals surface area contributed by atoms with Crippen LogP contribution in [0.3, 0.4) is 0 Å². The standard InChI is InChI=1S/C20H22N4O7S2/c1-31-14-2-4-15(5-3-14)33(29,30)24-10-8-13(9-11-24)23-32(27,28)16-6-7-17-18(12-16)22-20(26)19(25)21-17/h2-7,12-13,23H,8-11H2,1H3,(H,21,25)(H,22,26). The SMILES string of the molecule is COc1ccc(S(=O)(=O)N2CCC(NS(=O)(=O)c3ccc4[nH]c(=O)c(=O)[nH]c4c3)CC2)cc1. The molecule has 0 spiro atoms. The fourth-order valence-corrected chi connectivity index (χ4v) is 6.46. The molecule has 0 saturated carbocycles. The Morgan fingerprint density at radius 3 is 2.06 bits per heavy atom. The molecule has 4 rings (SSSR count). The van der Waals surface area contributed by atoms with E-state index in [0.29, 0.717) is 24.1 Å². The quantitative estimate of drug-likeness (QED) is 0.417. The summed E-state index contributed by atoms with van der Waals surface area (Å²) >= 11 is 0. The van der Waals surface area contributed by atoms with Crippen LogP contribution in [0.2, 0.25) is 0 Å². The Morgan fingerprint density at radius 1 is 0.879 bits per heavy atom. The molecule has 3 aromatic rings. The first-order valence-electron chi connectivity index (χ1n) is 10.0. The van der Waals surface area contributed by atoms with Crippen molar-refractivity contribution in [3.8, 4) is 5.75 Å². The number of sulfonamides is 2. The zero-order chi connectivity index (χ0) is 23.8. The average Bonchev–Trinajstić information content (AvgIpc) is 2.79. The van der Waals surface area contributed by atoms with Crippen molar-refractivity contribution in [2.24, 2.45) is 0 Å². The maximum absolute atomic E-state index is 12.9. The Hall–Kier alpha value is -3.00. The topological polar surface area (TPSA) is 158 Å². The Kier molecular flexibility index (Phi) is 6.14. The second kappa shape index (κ2) is 8.74. The van der Waals surface area contributed by atoms with Crippen LogP contribution >= 0.6 is 0 Å². The summed E-state index contributed by atoms with van der Waals surface area (Å²) in [5, 5.41) is 0. The number of nitrogens with zero attached hydrogens (tertiary/aromatic N) is 1. The lowest BCUT2D eigenvalue weighted by Crippen LogP contribution is -2.46. The van der Waals surface area contributed by atoms with Gasteiger partial charge in [-0.2, -0.15) is 4.31 Å². The van der Waals surface area contributed by atoms with Crippen molar-refractivity contribution < 1.29 is 21.6 Å². The lowest BCUT2D eigenvalue weighted by atomic mass is 10.1. The Labute approximate surface area is 189 Å². The predicted molar refractivity (Wildman–Crippen MR) is 120 cm³/mol. The van der Waals surface area contributed by atoms with E-state index in [1.807, 2.05) is 0 Å². The van der Waals surface area contributed by atoms with Crippen molar-refractivity contribution >= 4 is 31.1 Å². The number of methoxy groups -OCH3 is 1. The smallest absolute Gasteiger partial charge is 0.314 e. The fourth-order valence-electron chi connectivity index (χ4n) is 3.66. The van der Waals surface area contributed by atoms with Gasteiger partial charge in [0.25, 0.3) is 0 Å². The van der Waals surface area contributed by atoms with Gasteiger partial charge in [-0.15, -0.1) is 0 Å². The minimum absolute atomic E-state index is 0.0778. The molecule has 2 heterocycles. The first-order valence-corrected chi connectivity index (χ1v) is 13.0. The van der Waals surface area contributed by atoms with Gasteiger partial charge in [-0.05, 0) is 55.3 Å². The van der Waals surface area contributed by atoms with E-state index in [1.165, 1.54) is 41.7 Å². The largest absolute Gasteiger partial charge is 0.497 e. The number of piperidine rings is 1. The van der Waals surface area contributed by atoms with Gasteiger partial charge < -0.3 is 14.7 Å². The summed E-state index contributed by atoms with van der Waals surface area (Å²) in [6.07, 6.45) is 0.596. The van der Waals surface area contributed by atoms with Gasteiger partial charge in [0.15, 0.2) is 0 Å². The number of fused-ring (bicyclic) bond motifs is 1. The number of rotatable bonds is 6. The van der Waals surface area contributed by atoms with E-state index in [-0.39, 0.29) is 28.4 Å². The predicted octanol–water partition coefficient (Wildman–Crippen LogP) is 0.357. The van der Waals surface area contributed by atoms with E-state index >= 15 is 0 Å². The van der Waals surface area contributed by atoms with Crippen LogP contribution < -0.4 is 20.6 Å². The highest BCUT2D eigenvalue weighted by Gasteiger charge is 2.31. The van der Waals surface area contributed by atoms with Gasteiger partial charge in [0.05, 0.1) is 27.9 Å². The van der Waals surface area contributed by atoms with Crippen molar-refractivity contribution in [2.75, 3.05) is 20.2 Å². The minimum Gasteiger partial charge on any atom is -0.497 e. The van der Waals surface area contributed by atoms with E-state index < -0.39 is 37.2 Å². The molecule has 0 amide bonds. The van der Waals surface area contributed by atoms with Gasteiger partial charge >= 0.3 is 11.1 Å². The maximum Gasteiger partial charge on any atom is 0.314 e. The number of benzene rings is 2. The maximum atomic E-state index is 12.9. The molecule has 1 aliphatic heterocycles. The summed E-state index contributed by atoms with van der Waals surface area (Å²) in [7, 11) is -6.14. The van der Waals surface area contributed by atoms with Gasteiger partial charge in [0.2, 0.25) is 20.0 Å². The summed E-state index contributed by atoms with van der Waals surface area (Å²) in [4.78, 5) is 27.7. The van der Waals surface area contributed by atoms with Crippen LogP contribution in [0.1, 0.15) is 12.8 Å². The van der Waals surface area contributed by atoms with Gasteiger partial charge in [-0.1, -0.05) is 0 Å². The summed E-state index contributed by atoms with van der Waals surface area (Å²) in [6, 6.07) is 9.61. The van der Waals surface area contributed by atoms with Gasteiger partial charge in [0, 0.05) is 19.1 Å². The molecular formula is C20H22N4O7S2. The molecule has 1 fully saturated rings. The van der Waals surface area contributed by atoms with E-state index in [9.17, 15) is 26.4 Å². The van der Waals surface area contributed by atoms with Crippen molar-refractivity contribution in [2.45, 2.75) is 28.7 Å². The molecule has 0 atom stereocenters. The van der Waals surface area contributed by atoms with Crippen molar-refractivity contribution in [3.05, 3.63) is 63.2 Å². The Bertz CT molecular complexity index is 1500. The molecular weight excluding hydrogens is 472 g/mol. The van der Waals surface area contributed by atoms with Crippen LogP contribution in [0.25, 0.3) is 11.0 Å². The molecule has 1 aromatic heterocycles. The molecule has 33 heavy (non-hydrogen) atoms. The molecule has 0 unspecified atom stereocenters. The number of hydrogen-bond donors (Lipinski definition) is 3. The fraction of sp³-hybridized carbons (Fsp3) is 0.300. The third-order valence-electron chi connectivity index (χ3n) is 5.48. The second-order valence-corrected chi connectivity index (χ2v) is 11.2. The Balaban J connectivity index is 1.45. The number of aromatic nitrogens is 2. The zero-order valence-electron chi connectivity index (χ0n) is 17.6. The third kappa shape index (κ3) is 4.71. The highest BCUT2D eigenvalue weighted by molar-refractivity contribution is 7.89. The lowest BCUT2D eigenvalue weighted by molar-refractivity contribution is 0.308. The van der Waals surface area contributed by atoms with Crippen LogP contribution in [0.15, 0.2) is 61.8 Å². The summed E-state index contributed by atoms with van der Waals surface area (Å²) in [5.41, 5.74) is -1.22. The molecule has 2 aromatic carbocycles. The minimum atomic E-state index is -3.93. The van der Waals surface area contributed by atoms with Gasteiger partial charge in [0.1, 0.15) is 5.75 Å². The molecule has 13 heteroatoms.